The third-order valence-electron chi connectivity index (χ3n) is 6.08. The molecule has 10 nitrogen and oxygen atoms in total. The highest BCUT2D eigenvalue weighted by Crippen LogP contribution is 2.41. The van der Waals surface area contributed by atoms with Crippen LogP contribution in [0, 0.1) is 0 Å². The first-order valence-corrected chi connectivity index (χ1v) is 11.5. The van der Waals surface area contributed by atoms with Crippen molar-refractivity contribution in [1.82, 2.24) is 19.7 Å². The molecule has 1 aliphatic rings. The number of pyridine rings is 1. The molecule has 10 heteroatoms. The van der Waals surface area contributed by atoms with Crippen molar-refractivity contribution in [3.63, 3.8) is 0 Å². The Labute approximate surface area is 213 Å². The summed E-state index contributed by atoms with van der Waals surface area (Å²) in [5, 5.41) is 11.0. The number of benzene rings is 2. The molecule has 2 aromatic heterocycles. The van der Waals surface area contributed by atoms with Crippen molar-refractivity contribution in [1.29, 1.82) is 0 Å². The lowest BCUT2D eigenvalue weighted by molar-refractivity contribution is -0.113. The summed E-state index contributed by atoms with van der Waals surface area (Å²) >= 11 is 0. The van der Waals surface area contributed by atoms with Gasteiger partial charge in [0.25, 0.3) is 5.91 Å². The Kier molecular flexibility index (Phi) is 6.46. The van der Waals surface area contributed by atoms with Crippen LogP contribution in [0.5, 0.6) is 17.2 Å². The molecule has 0 bridgehead atoms. The van der Waals surface area contributed by atoms with Gasteiger partial charge in [-0.3, -0.25) is 9.78 Å². The van der Waals surface area contributed by atoms with Gasteiger partial charge in [0.15, 0.2) is 5.82 Å². The van der Waals surface area contributed by atoms with E-state index in [1.165, 1.54) is 0 Å². The first kappa shape index (κ1) is 23.9. The lowest BCUT2D eigenvalue weighted by Crippen LogP contribution is -2.31. The fourth-order valence-electron chi connectivity index (χ4n) is 4.30. The number of ether oxygens (including phenoxy) is 3. The Bertz CT molecular complexity index is 1480. The minimum Gasteiger partial charge on any atom is -0.497 e. The Morgan fingerprint density at radius 1 is 1.00 bits per heavy atom. The third kappa shape index (κ3) is 4.56. The van der Waals surface area contributed by atoms with Crippen molar-refractivity contribution in [2.75, 3.05) is 32.0 Å². The molecule has 0 spiro atoms. The lowest BCUT2D eigenvalue weighted by Gasteiger charge is -2.29. The fraction of sp³-hybridized carbons (Fsp3) is 0.185. The van der Waals surface area contributed by atoms with E-state index in [9.17, 15) is 4.79 Å². The van der Waals surface area contributed by atoms with Crippen LogP contribution in [0.2, 0.25) is 0 Å². The first-order chi connectivity index (χ1) is 18.0. The van der Waals surface area contributed by atoms with Crippen LogP contribution in [0.25, 0.3) is 11.4 Å². The summed E-state index contributed by atoms with van der Waals surface area (Å²) in [5.74, 6) is 2.56. The predicted molar refractivity (Wildman–Crippen MR) is 139 cm³/mol. The Morgan fingerprint density at radius 3 is 2.54 bits per heavy atom. The second kappa shape index (κ2) is 10.0. The van der Waals surface area contributed by atoms with Gasteiger partial charge in [0.1, 0.15) is 23.3 Å². The number of anilines is 2. The van der Waals surface area contributed by atoms with Gasteiger partial charge in [0.2, 0.25) is 5.95 Å². The van der Waals surface area contributed by atoms with Gasteiger partial charge in [-0.1, -0.05) is 12.1 Å². The van der Waals surface area contributed by atoms with Crippen LogP contribution in [0.15, 0.2) is 78.3 Å². The van der Waals surface area contributed by atoms with Gasteiger partial charge in [-0.15, -0.1) is 5.10 Å². The minimum absolute atomic E-state index is 0.301. The number of nitrogens with zero attached hydrogens (tertiary/aromatic N) is 4. The number of allylic oxidation sites excluding steroid dienone is 1. The van der Waals surface area contributed by atoms with Crippen LogP contribution < -0.4 is 24.8 Å². The molecule has 0 fully saturated rings. The van der Waals surface area contributed by atoms with Gasteiger partial charge >= 0.3 is 0 Å². The van der Waals surface area contributed by atoms with Crippen molar-refractivity contribution in [2.24, 2.45) is 0 Å². The van der Waals surface area contributed by atoms with E-state index in [0.717, 1.165) is 11.1 Å². The van der Waals surface area contributed by atoms with Crippen molar-refractivity contribution < 1.29 is 19.0 Å². The summed E-state index contributed by atoms with van der Waals surface area (Å²) in [7, 11) is 4.78. The quantitative estimate of drug-likeness (QED) is 0.388. The summed E-state index contributed by atoms with van der Waals surface area (Å²) in [4.78, 5) is 22.5. The van der Waals surface area contributed by atoms with E-state index in [2.05, 4.69) is 15.6 Å². The molecule has 0 saturated heterocycles. The number of carbonyl (C=O) groups is 1. The molecule has 2 aromatic carbocycles. The van der Waals surface area contributed by atoms with E-state index in [4.69, 9.17) is 24.3 Å². The van der Waals surface area contributed by atoms with Crippen molar-refractivity contribution in [3.8, 4) is 28.6 Å². The average molecular weight is 499 g/mol. The maximum Gasteiger partial charge on any atom is 0.255 e. The molecule has 1 unspecified atom stereocenters. The van der Waals surface area contributed by atoms with Crippen LogP contribution in [0.1, 0.15) is 18.5 Å². The van der Waals surface area contributed by atoms with Crippen LogP contribution in [0.4, 0.5) is 11.6 Å². The van der Waals surface area contributed by atoms with E-state index in [-0.39, 0.29) is 5.91 Å². The van der Waals surface area contributed by atoms with E-state index in [1.54, 1.807) is 56.6 Å². The SMILES string of the molecule is COc1cccc(-c2nc3n(n2)C(c2ccc(OC)cc2OC)C(C(=O)Nc2cccnc2)=C(C)N3)c1. The van der Waals surface area contributed by atoms with Crippen molar-refractivity contribution in [3.05, 3.63) is 83.8 Å². The smallest absolute Gasteiger partial charge is 0.255 e. The van der Waals surface area contributed by atoms with Gasteiger partial charge in [-0.2, -0.15) is 4.98 Å². The summed E-state index contributed by atoms with van der Waals surface area (Å²) < 4.78 is 18.2. The molecule has 2 N–H and O–H groups in total. The fourth-order valence-corrected chi connectivity index (χ4v) is 4.30. The first-order valence-electron chi connectivity index (χ1n) is 11.5. The van der Waals surface area contributed by atoms with Crippen LogP contribution >= 0.6 is 0 Å². The van der Waals surface area contributed by atoms with Crippen LogP contribution in [-0.4, -0.2) is 47.0 Å². The zero-order valence-electron chi connectivity index (χ0n) is 20.9. The second-order valence-corrected chi connectivity index (χ2v) is 8.31. The molecule has 1 amide bonds. The number of hydrogen-bond donors (Lipinski definition) is 2. The Hall–Kier alpha value is -4.86. The van der Waals surface area contributed by atoms with Gasteiger partial charge in [0.05, 0.1) is 38.8 Å². The zero-order chi connectivity index (χ0) is 25.9. The third-order valence-corrected chi connectivity index (χ3v) is 6.08. The Morgan fingerprint density at radius 2 is 1.81 bits per heavy atom. The van der Waals surface area contributed by atoms with E-state index in [0.29, 0.717) is 46.0 Å². The number of rotatable bonds is 7. The number of nitrogens with one attached hydrogen (secondary N) is 2. The molecule has 37 heavy (non-hydrogen) atoms. The van der Waals surface area contributed by atoms with E-state index < -0.39 is 6.04 Å². The molecule has 5 rings (SSSR count). The van der Waals surface area contributed by atoms with Gasteiger partial charge in [0, 0.05) is 29.1 Å². The highest BCUT2D eigenvalue weighted by molar-refractivity contribution is 6.06. The molecule has 4 aromatic rings. The van der Waals surface area contributed by atoms with Crippen molar-refractivity contribution in [2.45, 2.75) is 13.0 Å². The summed E-state index contributed by atoms with van der Waals surface area (Å²) in [5.41, 5.74) is 3.18. The molecule has 1 aliphatic heterocycles. The van der Waals surface area contributed by atoms with E-state index >= 15 is 0 Å². The molecule has 0 aliphatic carbocycles. The molecule has 0 radical (unpaired) electrons. The minimum atomic E-state index is -0.638. The topological polar surface area (TPSA) is 112 Å². The average Bonchev–Trinajstić information content (AvgIpc) is 3.36. The highest BCUT2D eigenvalue weighted by Gasteiger charge is 2.36. The molecular weight excluding hydrogens is 472 g/mol. The summed E-state index contributed by atoms with van der Waals surface area (Å²) in [6.45, 7) is 1.84. The molecular formula is C27H26N6O4. The number of carbonyl (C=O) groups excluding carboxylic acids is 1. The van der Waals surface area contributed by atoms with E-state index in [1.807, 2.05) is 43.3 Å². The normalized spacial score (nSPS) is 14.4. The van der Waals surface area contributed by atoms with Crippen LogP contribution in [0.3, 0.4) is 0 Å². The molecule has 1 atom stereocenters. The van der Waals surface area contributed by atoms with Gasteiger partial charge in [-0.25, -0.2) is 4.68 Å². The highest BCUT2D eigenvalue weighted by atomic mass is 16.5. The number of fused-ring (bicyclic) bond motifs is 1. The second-order valence-electron chi connectivity index (χ2n) is 8.31. The maximum atomic E-state index is 13.7. The monoisotopic (exact) mass is 498 g/mol. The maximum absolute atomic E-state index is 13.7. The predicted octanol–water partition coefficient (Wildman–Crippen LogP) is 4.29. The zero-order valence-corrected chi connectivity index (χ0v) is 20.9. The number of hydrogen-bond acceptors (Lipinski definition) is 8. The molecule has 188 valence electrons. The number of methoxy groups -OCH3 is 3. The molecule has 3 heterocycles. The van der Waals surface area contributed by atoms with Gasteiger partial charge < -0.3 is 24.8 Å². The number of aromatic nitrogens is 4. The number of amides is 1. The summed E-state index contributed by atoms with van der Waals surface area (Å²) in [6, 6.07) is 15.9. The Balaban J connectivity index is 1.65. The lowest BCUT2D eigenvalue weighted by atomic mass is 9.94. The van der Waals surface area contributed by atoms with Gasteiger partial charge in [-0.05, 0) is 43.3 Å². The van der Waals surface area contributed by atoms with Crippen molar-refractivity contribution >= 4 is 17.5 Å². The largest absolute Gasteiger partial charge is 0.497 e. The standard InChI is InChI=1S/C27H26N6O4/c1-16-23(26(34)30-18-8-6-12-28-15-18)24(21-11-10-20(36-3)14-22(21)37-4)33-27(29-16)31-25(32-33)17-7-5-9-19(13-17)35-2/h5-15,24H,1-4H3,(H,30,34)(H,29,31,32). The summed E-state index contributed by atoms with van der Waals surface area (Å²) in [6.07, 6.45) is 3.24. The molecule has 0 saturated carbocycles. The van der Waals surface area contributed by atoms with Crippen LogP contribution in [-0.2, 0) is 4.79 Å².